The zero-order valence-electron chi connectivity index (χ0n) is 38.3. The van der Waals surface area contributed by atoms with Crippen LogP contribution in [0.2, 0.25) is 61.9 Å². The average molecular weight is 810 g/mol. The van der Waals surface area contributed by atoms with Gasteiger partial charge in [-0.1, -0.05) is 98.8 Å². The number of Topliss-reactive ketones (excluding diaryl/α,β-unsaturated/α-hetero) is 1. The summed E-state index contributed by atoms with van der Waals surface area (Å²) in [5, 5.41) is 1.20. The molecule has 2 aromatic rings. The predicted molar refractivity (Wildman–Crippen MR) is 239 cm³/mol. The van der Waals surface area contributed by atoms with Gasteiger partial charge in [0.1, 0.15) is 6.73 Å². The molecular formula is C46H79NO5Si3. The number of benzene rings is 1. The third-order valence-corrected chi connectivity index (χ3v) is 26.3. The van der Waals surface area contributed by atoms with Gasteiger partial charge in [0.15, 0.2) is 22.4 Å². The zero-order valence-corrected chi connectivity index (χ0v) is 41.3. The summed E-state index contributed by atoms with van der Waals surface area (Å²) in [5.41, 5.74) is 3.35. The quantitative estimate of drug-likeness (QED) is 0.121. The number of carbonyl (C=O) groups is 1. The van der Waals surface area contributed by atoms with Crippen molar-refractivity contribution in [2.45, 2.75) is 201 Å². The van der Waals surface area contributed by atoms with Crippen molar-refractivity contribution in [2.24, 2.45) is 16.7 Å². The molecule has 3 aliphatic rings. The van der Waals surface area contributed by atoms with Crippen molar-refractivity contribution in [3.8, 4) is 0 Å². The first-order chi connectivity index (χ1) is 25.0. The number of carbonyl (C=O) groups excluding carboxylic acids is 1. The second-order valence-electron chi connectivity index (χ2n) is 22.9. The van der Waals surface area contributed by atoms with Gasteiger partial charge < -0.3 is 22.9 Å². The van der Waals surface area contributed by atoms with Gasteiger partial charge in [0, 0.05) is 43.7 Å². The van der Waals surface area contributed by atoms with Crippen LogP contribution in [0.1, 0.15) is 119 Å². The summed E-state index contributed by atoms with van der Waals surface area (Å²) >= 11 is 0. The highest BCUT2D eigenvalue weighted by Crippen LogP contribution is 2.65. The molecule has 0 amide bonds. The summed E-state index contributed by atoms with van der Waals surface area (Å²) in [7, 11) is -5.43. The van der Waals surface area contributed by atoms with Gasteiger partial charge in [-0.15, -0.1) is 0 Å². The number of ether oxygens (including phenoxy) is 2. The highest BCUT2D eigenvalue weighted by molar-refractivity contribution is 6.76. The number of hydrogen-bond donors (Lipinski definition) is 0. The van der Waals surface area contributed by atoms with Crippen LogP contribution in [0.25, 0.3) is 10.9 Å². The zero-order chi connectivity index (χ0) is 41.4. The third kappa shape index (κ3) is 8.56. The van der Waals surface area contributed by atoms with Crippen molar-refractivity contribution in [2.75, 3.05) is 6.61 Å². The van der Waals surface area contributed by atoms with E-state index in [1.54, 1.807) is 0 Å². The van der Waals surface area contributed by atoms with E-state index in [-0.39, 0.29) is 45.0 Å². The molecule has 0 bridgehead atoms. The average Bonchev–Trinajstić information content (AvgIpc) is 3.40. The van der Waals surface area contributed by atoms with Gasteiger partial charge in [0.05, 0.1) is 29.4 Å². The molecule has 6 atom stereocenters. The number of hydrogen-bond acceptors (Lipinski definition) is 5. The summed E-state index contributed by atoms with van der Waals surface area (Å²) in [5.74, 6) is 0.511. The predicted octanol–water partition coefficient (Wildman–Crippen LogP) is 13.0. The molecule has 0 N–H and O–H groups in total. The lowest BCUT2D eigenvalue weighted by Gasteiger charge is -2.65. The van der Waals surface area contributed by atoms with Crippen molar-refractivity contribution in [1.82, 2.24) is 4.57 Å². The molecule has 1 aromatic carbocycles. The summed E-state index contributed by atoms with van der Waals surface area (Å²) in [6.45, 7) is 43.6. The van der Waals surface area contributed by atoms with Gasteiger partial charge in [0.25, 0.3) is 0 Å². The smallest absolute Gasteiger partial charge is 0.192 e. The first-order valence-corrected chi connectivity index (χ1v) is 30.9. The first kappa shape index (κ1) is 44.8. The fraction of sp³-hybridized carbons (Fsp3) is 0.761. The number of para-hydroxylation sites is 1. The molecule has 1 aromatic heterocycles. The van der Waals surface area contributed by atoms with E-state index in [1.165, 1.54) is 5.57 Å². The molecule has 2 fully saturated rings. The second kappa shape index (κ2) is 15.0. The third-order valence-electron chi connectivity index (χ3n) is 15.5. The van der Waals surface area contributed by atoms with Gasteiger partial charge in [0.2, 0.25) is 0 Å². The van der Waals surface area contributed by atoms with E-state index in [0.29, 0.717) is 12.6 Å². The largest absolute Gasteiger partial charge is 0.413 e. The highest BCUT2D eigenvalue weighted by atomic mass is 28.4. The molecule has 1 aliphatic heterocycles. The minimum absolute atomic E-state index is 0.0352. The number of nitrogens with zero attached hydrogens (tertiary/aromatic N) is 1. The molecule has 9 heteroatoms. The van der Waals surface area contributed by atoms with E-state index in [0.717, 1.165) is 66.8 Å². The number of rotatable bonds is 12. The molecule has 0 spiro atoms. The van der Waals surface area contributed by atoms with E-state index in [1.807, 2.05) is 0 Å². The van der Waals surface area contributed by atoms with Crippen LogP contribution >= 0.6 is 0 Å². The van der Waals surface area contributed by atoms with Crippen molar-refractivity contribution in [3.63, 3.8) is 0 Å². The molecular weight excluding hydrogens is 731 g/mol. The van der Waals surface area contributed by atoms with E-state index in [4.69, 9.17) is 18.3 Å². The summed E-state index contributed by atoms with van der Waals surface area (Å²) in [4.78, 5) is 14.8. The Morgan fingerprint density at radius 3 is 2.13 bits per heavy atom. The summed E-state index contributed by atoms with van der Waals surface area (Å²) in [6.07, 6.45) is 6.58. The first-order valence-electron chi connectivity index (χ1n) is 21.4. The molecule has 55 heavy (non-hydrogen) atoms. The molecule has 1 saturated heterocycles. The number of fused-ring (bicyclic) bond motifs is 4. The molecule has 6 nitrogen and oxygen atoms in total. The van der Waals surface area contributed by atoms with E-state index in [9.17, 15) is 4.79 Å². The summed E-state index contributed by atoms with van der Waals surface area (Å²) in [6, 6.07) is 9.46. The Morgan fingerprint density at radius 2 is 1.53 bits per heavy atom. The summed E-state index contributed by atoms with van der Waals surface area (Å²) < 4.78 is 30.5. The lowest BCUT2D eigenvalue weighted by atomic mass is 9.46. The van der Waals surface area contributed by atoms with E-state index < -0.39 is 30.3 Å². The molecule has 1 saturated carbocycles. The Hall–Kier alpha value is -1.34. The van der Waals surface area contributed by atoms with Gasteiger partial charge >= 0.3 is 0 Å². The fourth-order valence-electron chi connectivity index (χ4n) is 9.63. The van der Waals surface area contributed by atoms with Gasteiger partial charge in [-0.3, -0.25) is 4.79 Å². The Balaban J connectivity index is 1.50. The van der Waals surface area contributed by atoms with Crippen molar-refractivity contribution in [1.29, 1.82) is 0 Å². The van der Waals surface area contributed by atoms with Crippen LogP contribution in [0.4, 0.5) is 0 Å². The second-order valence-corrected chi connectivity index (χ2v) is 38.0. The van der Waals surface area contributed by atoms with Crippen LogP contribution in [0.3, 0.4) is 0 Å². The molecule has 310 valence electrons. The standard InChI is InChI=1S/C46H79NO5Si3/c1-32-33(41(48)35-30-47(31-49-27-28-53(12,13)14)36-22-20-19-21-34(35)36)23-24-37-45(32,10)26-25-38-46(37,11)40(51-54(15,16)42(2,3)4)29-39(50-38)44(8,9)52-55(17,18)43(5,6)7/h19-22,30,37-40H,23-29,31H2,1-18H3/t37-,38+,39+,40-,45-,46+/m1/s1. The Labute approximate surface area is 339 Å². The number of ketones is 1. The Morgan fingerprint density at radius 1 is 0.909 bits per heavy atom. The van der Waals surface area contributed by atoms with E-state index in [2.05, 4.69) is 157 Å². The minimum atomic E-state index is -2.16. The Kier molecular flexibility index (Phi) is 12.2. The van der Waals surface area contributed by atoms with Crippen LogP contribution in [-0.2, 0) is 25.1 Å². The SMILES string of the molecule is CC1=C(C(=O)c2cn(COCC[Si](C)(C)C)c3ccccc23)CC[C@H]2[C@@]3(C)[C@H](CC[C@]12C)O[C@H](C(C)(C)O[Si](C)(C)C(C)(C)C)C[C@H]3O[Si](C)(C)C(C)(C)C. The molecule has 5 rings (SSSR count). The fourth-order valence-corrected chi connectivity index (χ4v) is 13.6. The van der Waals surface area contributed by atoms with Gasteiger partial charge in [-0.25, -0.2) is 0 Å². The highest BCUT2D eigenvalue weighted by Gasteiger charge is 2.64. The monoisotopic (exact) mass is 810 g/mol. The maximum atomic E-state index is 14.8. The van der Waals surface area contributed by atoms with Crippen molar-refractivity contribution in [3.05, 3.63) is 47.2 Å². The van der Waals surface area contributed by atoms with Crippen LogP contribution in [0, 0.1) is 16.7 Å². The topological polar surface area (TPSA) is 58.9 Å². The van der Waals surface area contributed by atoms with Crippen LogP contribution < -0.4 is 0 Å². The molecule has 2 aliphatic carbocycles. The number of allylic oxidation sites excluding steroid dienone is 2. The van der Waals surface area contributed by atoms with Crippen LogP contribution in [0.5, 0.6) is 0 Å². The minimum Gasteiger partial charge on any atom is -0.413 e. The molecule has 0 radical (unpaired) electrons. The lowest BCUT2D eigenvalue weighted by molar-refractivity contribution is -0.258. The van der Waals surface area contributed by atoms with Gasteiger partial charge in [-0.2, -0.15) is 0 Å². The number of aromatic nitrogens is 1. The van der Waals surface area contributed by atoms with E-state index >= 15 is 0 Å². The van der Waals surface area contributed by atoms with Gasteiger partial charge in [-0.05, 0) is 112 Å². The van der Waals surface area contributed by atoms with Crippen LogP contribution in [-0.4, -0.2) is 65.6 Å². The lowest BCUT2D eigenvalue weighted by Crippen LogP contribution is -2.67. The normalized spacial score (nSPS) is 28.7. The maximum Gasteiger partial charge on any atom is 0.192 e. The van der Waals surface area contributed by atoms with Crippen LogP contribution in [0.15, 0.2) is 41.6 Å². The Bertz CT molecular complexity index is 1750. The maximum absolute atomic E-state index is 14.8. The molecule has 0 unspecified atom stereocenters. The van der Waals surface area contributed by atoms with Crippen molar-refractivity contribution >= 4 is 41.4 Å². The van der Waals surface area contributed by atoms with Crippen molar-refractivity contribution < 1.29 is 23.1 Å². The molecule has 2 heterocycles.